The molecule has 6 heteroatoms. The minimum atomic E-state index is -0.439. The number of hydrogen-bond acceptors (Lipinski definition) is 4. The van der Waals surface area contributed by atoms with E-state index in [9.17, 15) is 14.9 Å². The molecule has 0 radical (unpaired) electrons. The maximum absolute atomic E-state index is 13.1. The molecular formula is C26H25N3O3. The maximum Gasteiger partial charge on any atom is 0.270 e. The van der Waals surface area contributed by atoms with E-state index >= 15 is 0 Å². The predicted octanol–water partition coefficient (Wildman–Crippen LogP) is 5.05. The lowest BCUT2D eigenvalue weighted by atomic mass is 10.0. The van der Waals surface area contributed by atoms with Crippen LogP contribution in [0.4, 0.5) is 11.4 Å². The maximum atomic E-state index is 13.1. The fourth-order valence-electron chi connectivity index (χ4n) is 3.87. The van der Waals surface area contributed by atoms with Crippen LogP contribution >= 0.6 is 0 Å². The fourth-order valence-corrected chi connectivity index (χ4v) is 3.87. The van der Waals surface area contributed by atoms with Gasteiger partial charge >= 0.3 is 0 Å². The Morgan fingerprint density at radius 1 is 0.969 bits per heavy atom. The molecule has 1 aliphatic rings. The van der Waals surface area contributed by atoms with Crippen LogP contribution in [0.15, 0.2) is 78.9 Å². The minimum absolute atomic E-state index is 0.00957. The molecule has 0 spiro atoms. The fraction of sp³-hybridized carbons (Fsp3) is 0.192. The monoisotopic (exact) mass is 427 g/mol. The van der Waals surface area contributed by atoms with Crippen LogP contribution in [0.2, 0.25) is 0 Å². The molecule has 1 aliphatic heterocycles. The molecule has 0 unspecified atom stereocenters. The van der Waals surface area contributed by atoms with Crippen LogP contribution in [0.5, 0.6) is 0 Å². The highest BCUT2D eigenvalue weighted by atomic mass is 16.6. The van der Waals surface area contributed by atoms with Gasteiger partial charge in [-0.1, -0.05) is 54.6 Å². The molecule has 0 atom stereocenters. The molecule has 0 saturated carbocycles. The summed E-state index contributed by atoms with van der Waals surface area (Å²) in [5.41, 5.74) is 4.03. The molecular weight excluding hydrogens is 402 g/mol. The molecule has 162 valence electrons. The molecule has 32 heavy (non-hydrogen) atoms. The number of carbonyl (C=O) groups excluding carboxylic acids is 1. The number of rotatable bonds is 7. The normalized spacial score (nSPS) is 13.8. The van der Waals surface area contributed by atoms with Crippen LogP contribution in [-0.4, -0.2) is 23.9 Å². The first kappa shape index (κ1) is 21.3. The zero-order chi connectivity index (χ0) is 22.3. The number of nitro groups is 1. The Kier molecular flexibility index (Phi) is 6.60. The van der Waals surface area contributed by atoms with Gasteiger partial charge in [0.2, 0.25) is 0 Å². The molecule has 4 rings (SSSR count). The smallest absolute Gasteiger partial charge is 0.270 e. The molecule has 3 aromatic carbocycles. The Hall–Kier alpha value is -3.93. The van der Waals surface area contributed by atoms with Crippen LogP contribution in [-0.2, 0) is 11.3 Å². The number of anilines is 1. The highest BCUT2D eigenvalue weighted by Gasteiger charge is 2.14. The number of non-ortho nitro benzene ring substituents is 1. The summed E-state index contributed by atoms with van der Waals surface area (Å²) in [6.45, 7) is 2.59. The molecule has 0 aliphatic carbocycles. The summed E-state index contributed by atoms with van der Waals surface area (Å²) in [7, 11) is 0. The summed E-state index contributed by atoms with van der Waals surface area (Å²) < 4.78 is 0. The van der Waals surface area contributed by atoms with Crippen molar-refractivity contribution in [2.24, 2.45) is 0 Å². The Morgan fingerprint density at radius 2 is 1.69 bits per heavy atom. The first-order valence-electron chi connectivity index (χ1n) is 10.7. The van der Waals surface area contributed by atoms with Gasteiger partial charge in [-0.15, -0.1) is 0 Å². The van der Waals surface area contributed by atoms with Crippen molar-refractivity contribution in [1.82, 2.24) is 5.32 Å². The highest BCUT2D eigenvalue weighted by Crippen LogP contribution is 2.23. The number of benzene rings is 3. The molecule has 3 aromatic rings. The van der Waals surface area contributed by atoms with Crippen molar-refractivity contribution in [3.8, 4) is 0 Å². The number of hydrogen-bond donors (Lipinski definition) is 1. The van der Waals surface area contributed by atoms with Gasteiger partial charge in [-0.2, -0.15) is 0 Å². The van der Waals surface area contributed by atoms with E-state index in [0.717, 1.165) is 24.2 Å². The molecule has 1 N–H and O–H groups in total. The number of nitro benzene ring substituents is 1. The zero-order valence-electron chi connectivity index (χ0n) is 17.7. The minimum Gasteiger partial charge on any atom is -0.372 e. The second kappa shape index (κ2) is 9.92. The van der Waals surface area contributed by atoms with E-state index in [0.29, 0.717) is 17.7 Å². The van der Waals surface area contributed by atoms with E-state index in [2.05, 4.69) is 22.3 Å². The van der Waals surface area contributed by atoms with Crippen molar-refractivity contribution >= 4 is 28.9 Å². The first-order valence-corrected chi connectivity index (χ1v) is 10.7. The quantitative estimate of drug-likeness (QED) is 0.248. The van der Waals surface area contributed by atoms with Gasteiger partial charge in [-0.05, 0) is 47.7 Å². The van der Waals surface area contributed by atoms with Crippen LogP contribution in [0.3, 0.4) is 0 Å². The summed E-state index contributed by atoms with van der Waals surface area (Å²) in [6.07, 6.45) is 4.15. The summed E-state index contributed by atoms with van der Waals surface area (Å²) in [4.78, 5) is 26.1. The zero-order valence-corrected chi connectivity index (χ0v) is 17.7. The van der Waals surface area contributed by atoms with E-state index in [-0.39, 0.29) is 11.6 Å². The van der Waals surface area contributed by atoms with Crippen molar-refractivity contribution in [3.63, 3.8) is 0 Å². The second-order valence-electron chi connectivity index (χ2n) is 7.82. The summed E-state index contributed by atoms with van der Waals surface area (Å²) in [5.74, 6) is -0.230. The van der Waals surface area contributed by atoms with E-state index in [4.69, 9.17) is 0 Å². The third kappa shape index (κ3) is 5.21. The van der Waals surface area contributed by atoms with Crippen molar-refractivity contribution in [1.29, 1.82) is 0 Å². The van der Waals surface area contributed by atoms with E-state index in [1.165, 1.54) is 30.7 Å². The van der Waals surface area contributed by atoms with Gasteiger partial charge in [0.15, 0.2) is 0 Å². The second-order valence-corrected chi connectivity index (χ2v) is 7.82. The van der Waals surface area contributed by atoms with Crippen molar-refractivity contribution in [3.05, 3.63) is 106 Å². The Balaban J connectivity index is 1.52. The molecule has 1 saturated heterocycles. The lowest BCUT2D eigenvalue weighted by molar-refractivity contribution is -0.384. The topological polar surface area (TPSA) is 75.5 Å². The average Bonchev–Trinajstić information content (AvgIpc) is 3.37. The van der Waals surface area contributed by atoms with Crippen molar-refractivity contribution in [2.45, 2.75) is 19.4 Å². The van der Waals surface area contributed by atoms with E-state index in [1.54, 1.807) is 18.2 Å². The lowest BCUT2D eigenvalue weighted by Gasteiger charge is -2.18. The average molecular weight is 428 g/mol. The molecule has 0 aromatic heterocycles. The predicted molar refractivity (Wildman–Crippen MR) is 127 cm³/mol. The van der Waals surface area contributed by atoms with Gasteiger partial charge < -0.3 is 10.2 Å². The van der Waals surface area contributed by atoms with Gasteiger partial charge in [-0.3, -0.25) is 14.9 Å². The Bertz CT molecular complexity index is 1120. The number of nitrogens with one attached hydrogen (secondary N) is 1. The molecule has 1 fully saturated rings. The summed E-state index contributed by atoms with van der Waals surface area (Å²) in [6, 6.07) is 23.9. The Labute approximate surface area is 187 Å². The SMILES string of the molecule is O=C(NCc1ccc(N2CCCC2)cc1)/C(=C/c1cccc([N+](=O)[O-])c1)c1ccccc1. The number of nitrogens with zero attached hydrogens (tertiary/aromatic N) is 2. The van der Waals surface area contributed by atoms with Crippen LogP contribution < -0.4 is 10.2 Å². The largest absolute Gasteiger partial charge is 0.372 e. The van der Waals surface area contributed by atoms with Gasteiger partial charge in [0.1, 0.15) is 0 Å². The number of amides is 1. The highest BCUT2D eigenvalue weighted by molar-refractivity contribution is 6.24. The third-order valence-electron chi connectivity index (χ3n) is 5.58. The van der Waals surface area contributed by atoms with Gasteiger partial charge in [0.05, 0.1) is 4.92 Å². The first-order chi connectivity index (χ1) is 15.6. The Morgan fingerprint density at radius 3 is 2.38 bits per heavy atom. The summed E-state index contributed by atoms with van der Waals surface area (Å²) in [5, 5.41) is 14.1. The molecule has 1 amide bonds. The number of carbonyl (C=O) groups is 1. The van der Waals surface area contributed by atoms with Crippen LogP contribution in [0, 0.1) is 10.1 Å². The van der Waals surface area contributed by atoms with Crippen LogP contribution in [0.25, 0.3) is 11.6 Å². The lowest BCUT2D eigenvalue weighted by Crippen LogP contribution is -2.24. The molecule has 6 nitrogen and oxygen atoms in total. The third-order valence-corrected chi connectivity index (χ3v) is 5.58. The van der Waals surface area contributed by atoms with Crippen molar-refractivity contribution < 1.29 is 9.72 Å². The van der Waals surface area contributed by atoms with E-state index < -0.39 is 4.92 Å². The standard InChI is InChI=1S/C26H25N3O3/c30-26(27-19-20-11-13-23(14-12-20)28-15-4-5-16-28)25(22-8-2-1-3-9-22)18-21-7-6-10-24(17-21)29(31)32/h1-3,6-14,17-18H,4-5,15-16,19H2,(H,27,30)/b25-18+. The van der Waals surface area contributed by atoms with Gasteiger partial charge in [0.25, 0.3) is 11.6 Å². The van der Waals surface area contributed by atoms with Crippen LogP contribution in [0.1, 0.15) is 29.5 Å². The molecule has 0 bridgehead atoms. The van der Waals surface area contributed by atoms with Gasteiger partial charge in [-0.25, -0.2) is 0 Å². The van der Waals surface area contributed by atoms with Crippen molar-refractivity contribution in [2.75, 3.05) is 18.0 Å². The van der Waals surface area contributed by atoms with E-state index in [1.807, 2.05) is 42.5 Å². The van der Waals surface area contributed by atoms with Gasteiger partial charge in [0, 0.05) is 43.0 Å². The summed E-state index contributed by atoms with van der Waals surface area (Å²) >= 11 is 0. The molecule has 1 heterocycles.